The van der Waals surface area contributed by atoms with Crippen LogP contribution in [0.2, 0.25) is 0 Å². The van der Waals surface area contributed by atoms with Crippen LogP contribution in [-0.2, 0) is 4.79 Å². The van der Waals surface area contributed by atoms with E-state index >= 15 is 0 Å². The number of hydrogen-bond acceptors (Lipinski definition) is 6. The first-order valence-electron chi connectivity index (χ1n) is 7.90. The van der Waals surface area contributed by atoms with E-state index in [1.54, 1.807) is 6.33 Å². The monoisotopic (exact) mass is 389 g/mol. The summed E-state index contributed by atoms with van der Waals surface area (Å²) in [5.74, 6) is 0.675. The first-order valence-corrected chi connectivity index (χ1v) is 7.90. The molecule has 1 aliphatic heterocycles. The first kappa shape index (κ1) is 21.4. The van der Waals surface area contributed by atoms with Gasteiger partial charge >= 0.3 is 0 Å². The number of nitrogens with zero attached hydrogens (tertiary/aromatic N) is 4. The average molecular weight is 390 g/mol. The summed E-state index contributed by atoms with van der Waals surface area (Å²) in [6.45, 7) is 5.23. The Bertz CT molecular complexity index is 687. The third kappa shape index (κ3) is 5.17. The van der Waals surface area contributed by atoms with Crippen LogP contribution in [0.4, 0.5) is 5.82 Å². The number of imidazole rings is 1. The average Bonchev–Trinajstić information content (AvgIpc) is 3.02. The van der Waals surface area contributed by atoms with Crippen molar-refractivity contribution >= 4 is 47.7 Å². The molecule has 10 heteroatoms. The zero-order chi connectivity index (χ0) is 16.3. The molecule has 0 radical (unpaired) electrons. The summed E-state index contributed by atoms with van der Waals surface area (Å²) in [7, 11) is 1.84. The van der Waals surface area contributed by atoms with E-state index in [9.17, 15) is 4.79 Å². The molecule has 0 spiro atoms. The molecular weight excluding hydrogens is 365 g/mol. The second kappa shape index (κ2) is 9.17. The van der Waals surface area contributed by atoms with Crippen LogP contribution >= 0.6 is 24.8 Å². The van der Waals surface area contributed by atoms with Crippen molar-refractivity contribution in [3.05, 3.63) is 12.7 Å². The van der Waals surface area contributed by atoms with Gasteiger partial charge in [0, 0.05) is 13.6 Å². The summed E-state index contributed by atoms with van der Waals surface area (Å²) in [6, 6.07) is 0. The van der Waals surface area contributed by atoms with Crippen LogP contribution in [0.25, 0.3) is 11.2 Å². The number of halogens is 2. The fourth-order valence-corrected chi connectivity index (χ4v) is 2.91. The molecule has 0 saturated carbocycles. The standard InChI is InChI=1S/C15H23N7O.2ClH/c1-15(3-5-16-6-4-15)8-17-11(23)7-22(2)14-12-13(19-9-18-12)20-10-21-14;;/h9-10,16H,3-8H2,1-2H3,(H,17,23)(H,18,19,20,21);2*1H. The van der Waals surface area contributed by atoms with Gasteiger partial charge in [0.25, 0.3) is 0 Å². The van der Waals surface area contributed by atoms with E-state index in [2.05, 4.69) is 37.5 Å². The molecule has 1 fully saturated rings. The molecule has 1 amide bonds. The molecule has 140 valence electrons. The Balaban J connectivity index is 0.00000156. The number of H-pyrrole nitrogens is 1. The third-order valence-corrected chi connectivity index (χ3v) is 4.47. The van der Waals surface area contributed by atoms with Gasteiger partial charge in [-0.15, -0.1) is 24.8 Å². The van der Waals surface area contributed by atoms with E-state index < -0.39 is 0 Å². The van der Waals surface area contributed by atoms with Gasteiger partial charge < -0.3 is 20.5 Å². The lowest BCUT2D eigenvalue weighted by atomic mass is 9.81. The molecular formula is C15H25Cl2N7O. The number of anilines is 1. The van der Waals surface area contributed by atoms with Crippen LogP contribution in [0.5, 0.6) is 0 Å². The maximum absolute atomic E-state index is 12.2. The minimum Gasteiger partial charge on any atom is -0.354 e. The maximum atomic E-state index is 12.2. The third-order valence-electron chi connectivity index (χ3n) is 4.47. The lowest BCUT2D eigenvalue weighted by molar-refractivity contribution is -0.120. The number of fused-ring (bicyclic) bond motifs is 1. The Morgan fingerprint density at radius 3 is 2.72 bits per heavy atom. The van der Waals surface area contributed by atoms with Gasteiger partial charge in [-0.25, -0.2) is 15.0 Å². The Hall–Kier alpha value is -1.64. The summed E-state index contributed by atoms with van der Waals surface area (Å²) in [6.07, 6.45) is 5.21. The molecule has 3 N–H and O–H groups in total. The topological polar surface area (TPSA) is 98.8 Å². The van der Waals surface area contributed by atoms with Crippen LogP contribution in [0, 0.1) is 5.41 Å². The molecule has 0 unspecified atom stereocenters. The number of nitrogens with one attached hydrogen (secondary N) is 3. The van der Waals surface area contributed by atoms with Crippen molar-refractivity contribution in [1.82, 2.24) is 30.6 Å². The van der Waals surface area contributed by atoms with Gasteiger partial charge in [0.1, 0.15) is 11.8 Å². The molecule has 0 aromatic carbocycles. The predicted octanol–water partition coefficient (Wildman–Crippen LogP) is 1.14. The smallest absolute Gasteiger partial charge is 0.239 e. The van der Waals surface area contributed by atoms with Crippen LogP contribution in [0.1, 0.15) is 19.8 Å². The minimum absolute atomic E-state index is 0. The van der Waals surface area contributed by atoms with E-state index in [0.717, 1.165) is 31.4 Å². The highest BCUT2D eigenvalue weighted by molar-refractivity contribution is 5.87. The largest absolute Gasteiger partial charge is 0.354 e. The number of hydrogen-bond donors (Lipinski definition) is 3. The molecule has 3 heterocycles. The number of amides is 1. The molecule has 1 saturated heterocycles. The first-order chi connectivity index (χ1) is 11.1. The summed E-state index contributed by atoms with van der Waals surface area (Å²) in [5.41, 5.74) is 1.53. The van der Waals surface area contributed by atoms with Crippen molar-refractivity contribution in [2.45, 2.75) is 19.8 Å². The Morgan fingerprint density at radius 1 is 1.28 bits per heavy atom. The van der Waals surface area contributed by atoms with E-state index in [1.165, 1.54) is 6.33 Å². The predicted molar refractivity (Wildman–Crippen MR) is 103 cm³/mol. The second-order valence-corrected chi connectivity index (χ2v) is 6.49. The van der Waals surface area contributed by atoms with Gasteiger partial charge in [0.15, 0.2) is 11.5 Å². The van der Waals surface area contributed by atoms with E-state index in [1.807, 2.05) is 11.9 Å². The fraction of sp³-hybridized carbons (Fsp3) is 0.600. The number of carbonyl (C=O) groups is 1. The number of likely N-dealkylation sites (N-methyl/N-ethyl adjacent to an activating group) is 1. The number of aromatic nitrogens is 4. The molecule has 3 rings (SSSR count). The summed E-state index contributed by atoms with van der Waals surface area (Å²) in [4.78, 5) is 29.5. The minimum atomic E-state index is -0.00136. The SMILES string of the molecule is CN(CC(=O)NCC1(C)CCNCC1)c1ncnc2nc[nH]c12.Cl.Cl. The highest BCUT2D eigenvalue weighted by Crippen LogP contribution is 2.26. The fourth-order valence-electron chi connectivity index (χ4n) is 2.91. The van der Waals surface area contributed by atoms with Crippen molar-refractivity contribution < 1.29 is 4.79 Å². The summed E-state index contributed by atoms with van der Waals surface area (Å²) in [5, 5.41) is 6.41. The van der Waals surface area contributed by atoms with Crippen LogP contribution in [0.15, 0.2) is 12.7 Å². The second-order valence-electron chi connectivity index (χ2n) is 6.49. The van der Waals surface area contributed by atoms with Crippen molar-refractivity contribution in [1.29, 1.82) is 0 Å². The molecule has 1 aliphatic rings. The number of carbonyl (C=O) groups excluding carboxylic acids is 1. The quantitative estimate of drug-likeness (QED) is 0.708. The van der Waals surface area contributed by atoms with E-state index in [0.29, 0.717) is 18.0 Å². The highest BCUT2D eigenvalue weighted by atomic mass is 35.5. The lowest BCUT2D eigenvalue weighted by Crippen LogP contribution is -2.45. The lowest BCUT2D eigenvalue weighted by Gasteiger charge is -2.34. The van der Waals surface area contributed by atoms with E-state index in [4.69, 9.17) is 0 Å². The number of aromatic amines is 1. The van der Waals surface area contributed by atoms with Gasteiger partial charge in [-0.05, 0) is 31.3 Å². The van der Waals surface area contributed by atoms with Gasteiger partial charge in [-0.2, -0.15) is 0 Å². The van der Waals surface area contributed by atoms with Crippen molar-refractivity contribution in [3.8, 4) is 0 Å². The molecule has 0 atom stereocenters. The Kier molecular flexibility index (Phi) is 7.85. The summed E-state index contributed by atoms with van der Waals surface area (Å²) < 4.78 is 0. The van der Waals surface area contributed by atoms with E-state index in [-0.39, 0.29) is 42.7 Å². The highest BCUT2D eigenvalue weighted by Gasteiger charge is 2.27. The Labute approximate surface area is 159 Å². The summed E-state index contributed by atoms with van der Waals surface area (Å²) >= 11 is 0. The number of rotatable bonds is 5. The van der Waals surface area contributed by atoms with Crippen molar-refractivity contribution in [2.75, 3.05) is 38.1 Å². The molecule has 25 heavy (non-hydrogen) atoms. The van der Waals surface area contributed by atoms with Crippen LogP contribution in [0.3, 0.4) is 0 Å². The molecule has 0 aliphatic carbocycles. The normalized spacial score (nSPS) is 15.8. The van der Waals surface area contributed by atoms with Crippen molar-refractivity contribution in [3.63, 3.8) is 0 Å². The van der Waals surface area contributed by atoms with Crippen LogP contribution < -0.4 is 15.5 Å². The molecule has 2 aromatic rings. The van der Waals surface area contributed by atoms with Gasteiger partial charge in [-0.1, -0.05) is 6.92 Å². The van der Waals surface area contributed by atoms with Gasteiger partial charge in [0.05, 0.1) is 12.9 Å². The van der Waals surface area contributed by atoms with Crippen molar-refractivity contribution in [2.24, 2.45) is 5.41 Å². The van der Waals surface area contributed by atoms with Crippen LogP contribution in [-0.4, -0.2) is 59.1 Å². The zero-order valence-electron chi connectivity index (χ0n) is 14.4. The molecule has 8 nitrogen and oxygen atoms in total. The van der Waals surface area contributed by atoms with Gasteiger partial charge in [0.2, 0.25) is 5.91 Å². The number of piperidine rings is 1. The maximum Gasteiger partial charge on any atom is 0.239 e. The molecule has 0 bridgehead atoms. The Morgan fingerprint density at radius 2 is 2.00 bits per heavy atom. The molecule has 2 aromatic heterocycles. The zero-order valence-corrected chi connectivity index (χ0v) is 16.0. The van der Waals surface area contributed by atoms with Gasteiger partial charge in [-0.3, -0.25) is 4.79 Å².